The van der Waals surface area contributed by atoms with E-state index in [4.69, 9.17) is 26.2 Å². The zero-order valence-corrected chi connectivity index (χ0v) is 12.5. The monoisotopic (exact) mass is 301 g/mol. The molecular formula is C16H19N3O3. The Morgan fingerprint density at radius 3 is 2.32 bits per heavy atom. The van der Waals surface area contributed by atoms with Crippen LogP contribution in [0.5, 0.6) is 11.5 Å². The van der Waals surface area contributed by atoms with E-state index in [1.54, 1.807) is 14.2 Å². The number of aliphatic hydroxyl groups is 1. The molecule has 0 unspecified atom stereocenters. The van der Waals surface area contributed by atoms with Gasteiger partial charge in [0.25, 0.3) is 0 Å². The number of aliphatic hydroxyl groups excluding tert-OH is 1. The molecule has 0 aliphatic carbocycles. The molecule has 2 aromatic carbocycles. The summed E-state index contributed by atoms with van der Waals surface area (Å²) in [5.74, 6) is 6.89. The van der Waals surface area contributed by atoms with Crippen LogP contribution in [0.4, 0.5) is 5.69 Å². The van der Waals surface area contributed by atoms with E-state index < -0.39 is 0 Å². The van der Waals surface area contributed by atoms with E-state index >= 15 is 0 Å². The Morgan fingerprint density at radius 2 is 1.77 bits per heavy atom. The lowest BCUT2D eigenvalue weighted by Crippen LogP contribution is -2.25. The molecule has 0 saturated carbocycles. The summed E-state index contributed by atoms with van der Waals surface area (Å²) in [4.78, 5) is 0. The molecule has 0 fully saturated rings. The molecule has 0 aliphatic rings. The second-order valence-electron chi connectivity index (χ2n) is 4.57. The van der Waals surface area contributed by atoms with Crippen molar-refractivity contribution in [3.63, 3.8) is 0 Å². The number of hydrazine groups is 1. The van der Waals surface area contributed by atoms with Crippen LogP contribution in [0.3, 0.4) is 0 Å². The Hall–Kier alpha value is -2.86. The molecule has 0 amide bonds. The third kappa shape index (κ3) is 3.42. The fourth-order valence-corrected chi connectivity index (χ4v) is 2.07. The van der Waals surface area contributed by atoms with Crippen LogP contribution in [0.2, 0.25) is 0 Å². The average Bonchev–Trinajstić information content (AvgIpc) is 2.53. The van der Waals surface area contributed by atoms with E-state index in [1.807, 2.05) is 42.5 Å². The predicted molar refractivity (Wildman–Crippen MR) is 86.5 cm³/mol. The van der Waals surface area contributed by atoms with Crippen LogP contribution < -0.4 is 26.1 Å². The van der Waals surface area contributed by atoms with Crippen molar-refractivity contribution >= 4 is 5.69 Å². The molecule has 0 bridgehead atoms. The molecule has 116 valence electrons. The van der Waals surface area contributed by atoms with Gasteiger partial charge in [0, 0.05) is 5.56 Å². The Bertz CT molecular complexity index is 665. The van der Waals surface area contributed by atoms with Crippen molar-refractivity contribution in [1.82, 2.24) is 0 Å². The fraction of sp³-hybridized carbons (Fsp3) is 0.125. The molecule has 5 N–H and O–H groups in total. The molecule has 2 rings (SSSR count). The second-order valence-corrected chi connectivity index (χ2v) is 4.57. The van der Waals surface area contributed by atoms with Crippen LogP contribution in [0.1, 0.15) is 0 Å². The van der Waals surface area contributed by atoms with E-state index in [1.165, 1.54) is 11.2 Å². The highest BCUT2D eigenvalue weighted by molar-refractivity contribution is 5.73. The average molecular weight is 301 g/mol. The summed E-state index contributed by atoms with van der Waals surface area (Å²) in [5, 5.41) is 10.3. The Labute approximate surface area is 129 Å². The van der Waals surface area contributed by atoms with Crippen molar-refractivity contribution in [2.75, 3.05) is 19.2 Å². The van der Waals surface area contributed by atoms with Gasteiger partial charge in [-0.2, -0.15) is 0 Å². The summed E-state index contributed by atoms with van der Waals surface area (Å²) in [5.41, 5.74) is 7.73. The summed E-state index contributed by atoms with van der Waals surface area (Å²) in [7, 11) is 3.24. The first-order valence-electron chi connectivity index (χ1n) is 6.58. The van der Waals surface area contributed by atoms with Gasteiger partial charge in [-0.15, -0.1) is 0 Å². The first-order chi connectivity index (χ1) is 10.5. The summed E-state index contributed by atoms with van der Waals surface area (Å²) >= 11 is 0. The zero-order valence-electron chi connectivity index (χ0n) is 12.5. The van der Waals surface area contributed by atoms with E-state index in [0.717, 1.165) is 22.6 Å². The van der Waals surface area contributed by atoms with Crippen molar-refractivity contribution in [3.05, 3.63) is 54.5 Å². The van der Waals surface area contributed by atoms with Gasteiger partial charge in [-0.05, 0) is 35.9 Å². The lowest BCUT2D eigenvalue weighted by molar-refractivity contribution is 0.403. The second kappa shape index (κ2) is 6.73. The van der Waals surface area contributed by atoms with Gasteiger partial charge >= 0.3 is 0 Å². The standard InChI is InChI=1S/C16H19N3O3/c1-21-13-7-8-15(22-2)14(9-13)11-3-5-12(6-4-11)19(18)10-16(17)20/h3-10,20H,17-18H2,1-2H3/b16-10+. The highest BCUT2D eigenvalue weighted by Gasteiger charge is 2.08. The van der Waals surface area contributed by atoms with Crippen molar-refractivity contribution in [3.8, 4) is 22.6 Å². The first-order valence-corrected chi connectivity index (χ1v) is 6.58. The summed E-state index contributed by atoms with van der Waals surface area (Å²) in [6.07, 6.45) is 1.22. The van der Waals surface area contributed by atoms with E-state index in [-0.39, 0.29) is 5.88 Å². The van der Waals surface area contributed by atoms with Gasteiger partial charge < -0.3 is 20.3 Å². The SMILES string of the molecule is COc1ccc(OC)c(-c2ccc(N(N)/C=C(\N)O)cc2)c1. The molecule has 0 spiro atoms. The Balaban J connectivity index is 2.36. The van der Waals surface area contributed by atoms with E-state index in [9.17, 15) is 0 Å². The van der Waals surface area contributed by atoms with Crippen LogP contribution >= 0.6 is 0 Å². The highest BCUT2D eigenvalue weighted by Crippen LogP contribution is 2.34. The number of benzene rings is 2. The Morgan fingerprint density at radius 1 is 1.09 bits per heavy atom. The number of hydrogen-bond donors (Lipinski definition) is 3. The number of methoxy groups -OCH3 is 2. The number of anilines is 1. The molecule has 0 heterocycles. The zero-order chi connectivity index (χ0) is 16.1. The maximum absolute atomic E-state index is 9.03. The quantitative estimate of drug-likeness (QED) is 0.446. The minimum Gasteiger partial charge on any atom is -0.497 e. The largest absolute Gasteiger partial charge is 0.497 e. The summed E-state index contributed by atoms with van der Waals surface area (Å²) in [6, 6.07) is 13.0. The number of nitrogens with two attached hydrogens (primary N) is 2. The van der Waals surface area contributed by atoms with Crippen molar-refractivity contribution in [2.45, 2.75) is 0 Å². The number of ether oxygens (including phenoxy) is 2. The minimum atomic E-state index is -0.360. The van der Waals surface area contributed by atoms with Gasteiger partial charge in [0.1, 0.15) is 11.5 Å². The third-order valence-corrected chi connectivity index (χ3v) is 3.15. The number of hydrogen-bond acceptors (Lipinski definition) is 6. The molecule has 6 nitrogen and oxygen atoms in total. The van der Waals surface area contributed by atoms with Gasteiger partial charge in [0.05, 0.1) is 26.1 Å². The van der Waals surface area contributed by atoms with Gasteiger partial charge in [-0.3, -0.25) is 5.01 Å². The smallest absolute Gasteiger partial charge is 0.199 e. The molecule has 22 heavy (non-hydrogen) atoms. The molecule has 0 radical (unpaired) electrons. The maximum Gasteiger partial charge on any atom is 0.199 e. The van der Waals surface area contributed by atoms with Gasteiger partial charge in [-0.25, -0.2) is 5.84 Å². The van der Waals surface area contributed by atoms with Crippen molar-refractivity contribution < 1.29 is 14.6 Å². The third-order valence-electron chi connectivity index (χ3n) is 3.15. The maximum atomic E-state index is 9.03. The van der Waals surface area contributed by atoms with Crippen molar-refractivity contribution in [2.24, 2.45) is 11.6 Å². The molecule has 2 aromatic rings. The summed E-state index contributed by atoms with van der Waals surface area (Å²) < 4.78 is 10.6. The van der Waals surface area contributed by atoms with Gasteiger partial charge in [0.15, 0.2) is 5.88 Å². The fourth-order valence-electron chi connectivity index (χ4n) is 2.07. The van der Waals surface area contributed by atoms with E-state index in [2.05, 4.69) is 0 Å². The Kier molecular flexibility index (Phi) is 4.75. The molecule has 0 saturated heterocycles. The van der Waals surface area contributed by atoms with Crippen LogP contribution in [-0.2, 0) is 0 Å². The lowest BCUT2D eigenvalue weighted by atomic mass is 10.0. The highest BCUT2D eigenvalue weighted by atomic mass is 16.5. The van der Waals surface area contributed by atoms with Crippen LogP contribution in [-0.4, -0.2) is 19.3 Å². The number of nitrogens with zero attached hydrogens (tertiary/aromatic N) is 1. The van der Waals surface area contributed by atoms with Crippen molar-refractivity contribution in [1.29, 1.82) is 0 Å². The normalized spacial score (nSPS) is 11.1. The van der Waals surface area contributed by atoms with Crippen LogP contribution in [0.25, 0.3) is 11.1 Å². The lowest BCUT2D eigenvalue weighted by Gasteiger charge is -2.15. The first kappa shape index (κ1) is 15.5. The molecular weight excluding hydrogens is 282 g/mol. The molecule has 0 aromatic heterocycles. The van der Waals surface area contributed by atoms with Crippen LogP contribution in [0, 0.1) is 0 Å². The minimum absolute atomic E-state index is 0.360. The topological polar surface area (TPSA) is 94.0 Å². The van der Waals surface area contributed by atoms with E-state index in [0.29, 0.717) is 5.69 Å². The summed E-state index contributed by atoms with van der Waals surface area (Å²) in [6.45, 7) is 0. The predicted octanol–water partition coefficient (Wildman–Crippen LogP) is 2.37. The molecule has 0 aliphatic heterocycles. The van der Waals surface area contributed by atoms with Gasteiger partial charge in [0.2, 0.25) is 0 Å². The molecule has 6 heteroatoms. The number of rotatable bonds is 5. The van der Waals surface area contributed by atoms with Gasteiger partial charge in [-0.1, -0.05) is 12.1 Å². The molecule has 0 atom stereocenters. The van der Waals surface area contributed by atoms with Crippen LogP contribution in [0.15, 0.2) is 54.5 Å².